The molecule has 1 saturated heterocycles. The van der Waals surface area contributed by atoms with Crippen molar-refractivity contribution in [3.8, 4) is 12.1 Å². The van der Waals surface area contributed by atoms with E-state index in [0.29, 0.717) is 12.8 Å². The fourth-order valence-corrected chi connectivity index (χ4v) is 1.84. The Kier molecular flexibility index (Phi) is 3.73. The first kappa shape index (κ1) is 10.0. The van der Waals surface area contributed by atoms with Crippen molar-refractivity contribution in [3.05, 3.63) is 0 Å². The van der Waals surface area contributed by atoms with Crippen LogP contribution in [0.5, 0.6) is 0 Å². The van der Waals surface area contributed by atoms with Crippen LogP contribution in [-0.4, -0.2) is 12.2 Å². The van der Waals surface area contributed by atoms with Gasteiger partial charge in [-0.1, -0.05) is 0 Å². The lowest BCUT2D eigenvalue weighted by molar-refractivity contribution is -0.00747. The standard InChI is InChI=1S/C10H14N2O/c11-7-1-4-10(5-2-8-12)6-3-9-13-10/h1-6,9H2. The molecule has 70 valence electrons. The first-order chi connectivity index (χ1) is 6.33. The van der Waals surface area contributed by atoms with Gasteiger partial charge in [0, 0.05) is 19.4 Å². The molecule has 0 aromatic rings. The fraction of sp³-hybridized carbons (Fsp3) is 0.800. The van der Waals surface area contributed by atoms with E-state index in [4.69, 9.17) is 15.3 Å². The van der Waals surface area contributed by atoms with Crippen LogP contribution in [0.4, 0.5) is 0 Å². The number of nitrogens with zero attached hydrogens (tertiary/aromatic N) is 2. The molecular weight excluding hydrogens is 164 g/mol. The minimum Gasteiger partial charge on any atom is -0.375 e. The van der Waals surface area contributed by atoms with Gasteiger partial charge in [-0.05, 0) is 25.7 Å². The topological polar surface area (TPSA) is 56.8 Å². The molecule has 13 heavy (non-hydrogen) atoms. The van der Waals surface area contributed by atoms with E-state index in [1.165, 1.54) is 0 Å². The second-order valence-electron chi connectivity index (χ2n) is 3.45. The lowest BCUT2D eigenvalue weighted by Crippen LogP contribution is -2.27. The molecule has 0 atom stereocenters. The van der Waals surface area contributed by atoms with Crippen molar-refractivity contribution in [3.63, 3.8) is 0 Å². The van der Waals surface area contributed by atoms with Crippen LogP contribution in [0.1, 0.15) is 38.5 Å². The normalized spacial score (nSPS) is 19.2. The lowest BCUT2D eigenvalue weighted by Gasteiger charge is -2.26. The van der Waals surface area contributed by atoms with Crippen molar-refractivity contribution < 1.29 is 4.74 Å². The van der Waals surface area contributed by atoms with Gasteiger partial charge in [-0.15, -0.1) is 0 Å². The maximum absolute atomic E-state index is 8.50. The van der Waals surface area contributed by atoms with Crippen LogP contribution in [0, 0.1) is 22.7 Å². The maximum Gasteiger partial charge on any atom is 0.0703 e. The van der Waals surface area contributed by atoms with Crippen LogP contribution < -0.4 is 0 Å². The molecule has 3 heteroatoms. The summed E-state index contributed by atoms with van der Waals surface area (Å²) in [7, 11) is 0. The summed E-state index contributed by atoms with van der Waals surface area (Å²) in [6.45, 7) is 0.789. The largest absolute Gasteiger partial charge is 0.375 e. The number of hydrogen-bond donors (Lipinski definition) is 0. The highest BCUT2D eigenvalue weighted by Gasteiger charge is 2.33. The lowest BCUT2D eigenvalue weighted by atomic mass is 9.90. The van der Waals surface area contributed by atoms with Gasteiger partial charge in [0.25, 0.3) is 0 Å². The third-order valence-corrected chi connectivity index (χ3v) is 2.57. The van der Waals surface area contributed by atoms with Crippen molar-refractivity contribution in [2.24, 2.45) is 0 Å². The molecule has 1 heterocycles. The van der Waals surface area contributed by atoms with Gasteiger partial charge in [0.1, 0.15) is 0 Å². The minimum absolute atomic E-state index is 0.147. The molecule has 0 aromatic heterocycles. The zero-order valence-corrected chi connectivity index (χ0v) is 7.75. The van der Waals surface area contributed by atoms with Gasteiger partial charge in [0.15, 0.2) is 0 Å². The average Bonchev–Trinajstić information content (AvgIpc) is 2.61. The van der Waals surface area contributed by atoms with E-state index in [1.54, 1.807) is 0 Å². The maximum atomic E-state index is 8.50. The van der Waals surface area contributed by atoms with Gasteiger partial charge in [-0.3, -0.25) is 0 Å². The van der Waals surface area contributed by atoms with Gasteiger partial charge in [-0.25, -0.2) is 0 Å². The van der Waals surface area contributed by atoms with Gasteiger partial charge < -0.3 is 4.74 Å². The number of nitriles is 2. The molecule has 0 radical (unpaired) electrons. The Balaban J connectivity index is 2.44. The summed E-state index contributed by atoms with van der Waals surface area (Å²) < 4.78 is 5.64. The molecular formula is C10H14N2O. The average molecular weight is 178 g/mol. The van der Waals surface area contributed by atoms with E-state index in [1.807, 2.05) is 0 Å². The molecule has 1 aliphatic heterocycles. The SMILES string of the molecule is N#CCCC1(CCC#N)CCCO1. The first-order valence-corrected chi connectivity index (χ1v) is 4.71. The van der Waals surface area contributed by atoms with Crippen LogP contribution in [0.25, 0.3) is 0 Å². The summed E-state index contributed by atoms with van der Waals surface area (Å²) in [5.74, 6) is 0. The van der Waals surface area contributed by atoms with Crippen molar-refractivity contribution in [2.45, 2.75) is 44.1 Å². The predicted octanol–water partition coefficient (Wildman–Crippen LogP) is 2.14. The molecule has 3 nitrogen and oxygen atoms in total. The number of rotatable bonds is 4. The summed E-state index contributed by atoms with van der Waals surface area (Å²) in [5.41, 5.74) is -0.147. The van der Waals surface area contributed by atoms with Crippen LogP contribution >= 0.6 is 0 Å². The molecule has 0 aliphatic carbocycles. The Labute approximate surface area is 78.9 Å². The van der Waals surface area contributed by atoms with Crippen LogP contribution in [-0.2, 0) is 4.74 Å². The molecule has 1 rings (SSSR count). The molecule has 0 aromatic carbocycles. The van der Waals surface area contributed by atoms with Crippen molar-refractivity contribution >= 4 is 0 Å². The summed E-state index contributed by atoms with van der Waals surface area (Å²) in [6.07, 6.45) is 4.71. The van der Waals surface area contributed by atoms with E-state index in [-0.39, 0.29) is 5.60 Å². The molecule has 0 bridgehead atoms. The van der Waals surface area contributed by atoms with Gasteiger partial charge >= 0.3 is 0 Å². The molecule has 0 amide bonds. The van der Waals surface area contributed by atoms with Crippen molar-refractivity contribution in [2.75, 3.05) is 6.61 Å². The Morgan fingerprint density at radius 3 is 2.15 bits per heavy atom. The highest BCUT2D eigenvalue weighted by molar-refractivity contribution is 4.90. The Morgan fingerprint density at radius 2 is 1.77 bits per heavy atom. The van der Waals surface area contributed by atoms with Gasteiger partial charge in [-0.2, -0.15) is 10.5 Å². The fourth-order valence-electron chi connectivity index (χ4n) is 1.84. The molecule has 0 spiro atoms. The van der Waals surface area contributed by atoms with E-state index in [2.05, 4.69) is 12.1 Å². The molecule has 0 N–H and O–H groups in total. The van der Waals surface area contributed by atoms with Crippen LogP contribution in [0.15, 0.2) is 0 Å². The van der Waals surface area contributed by atoms with E-state index >= 15 is 0 Å². The Hall–Kier alpha value is -1.06. The monoisotopic (exact) mass is 178 g/mol. The Morgan fingerprint density at radius 1 is 1.15 bits per heavy atom. The minimum atomic E-state index is -0.147. The summed E-state index contributed by atoms with van der Waals surface area (Å²) in [6, 6.07) is 4.27. The number of ether oxygens (including phenoxy) is 1. The van der Waals surface area contributed by atoms with Crippen molar-refractivity contribution in [1.82, 2.24) is 0 Å². The van der Waals surface area contributed by atoms with Crippen LogP contribution in [0.2, 0.25) is 0 Å². The quantitative estimate of drug-likeness (QED) is 0.662. The summed E-state index contributed by atoms with van der Waals surface area (Å²) in [5, 5.41) is 17.0. The predicted molar refractivity (Wildman–Crippen MR) is 47.6 cm³/mol. The van der Waals surface area contributed by atoms with E-state index in [0.717, 1.165) is 32.3 Å². The second kappa shape index (κ2) is 4.84. The zero-order chi connectivity index (χ0) is 9.57. The smallest absolute Gasteiger partial charge is 0.0703 e. The van der Waals surface area contributed by atoms with Gasteiger partial charge in [0.2, 0.25) is 0 Å². The van der Waals surface area contributed by atoms with Crippen molar-refractivity contribution in [1.29, 1.82) is 10.5 Å². The van der Waals surface area contributed by atoms with Gasteiger partial charge in [0.05, 0.1) is 17.7 Å². The highest BCUT2D eigenvalue weighted by Crippen LogP contribution is 2.34. The third-order valence-electron chi connectivity index (χ3n) is 2.57. The van der Waals surface area contributed by atoms with E-state index in [9.17, 15) is 0 Å². The first-order valence-electron chi connectivity index (χ1n) is 4.71. The highest BCUT2D eigenvalue weighted by atomic mass is 16.5. The molecule has 0 unspecified atom stereocenters. The molecule has 1 aliphatic rings. The second-order valence-corrected chi connectivity index (χ2v) is 3.45. The van der Waals surface area contributed by atoms with E-state index < -0.39 is 0 Å². The third kappa shape index (κ3) is 2.72. The zero-order valence-electron chi connectivity index (χ0n) is 7.75. The molecule has 0 saturated carbocycles. The Bertz CT molecular complexity index is 210. The summed E-state index contributed by atoms with van der Waals surface area (Å²) in [4.78, 5) is 0. The number of hydrogen-bond acceptors (Lipinski definition) is 3. The summed E-state index contributed by atoms with van der Waals surface area (Å²) >= 11 is 0. The van der Waals surface area contributed by atoms with Crippen LogP contribution in [0.3, 0.4) is 0 Å². The molecule has 1 fully saturated rings.